The fraction of sp³-hybridized carbons (Fsp3) is 0.438. The van der Waals surface area contributed by atoms with Gasteiger partial charge in [-0.1, -0.05) is 50.6 Å². The summed E-state index contributed by atoms with van der Waals surface area (Å²) in [6.45, 7) is 3.23. The van der Waals surface area contributed by atoms with E-state index >= 15 is 0 Å². The highest BCUT2D eigenvalue weighted by Gasteiger charge is 2.19. The molecule has 2 atom stereocenters. The molecule has 1 aromatic rings. The Morgan fingerprint density at radius 3 is 2.43 bits per heavy atom. The summed E-state index contributed by atoms with van der Waals surface area (Å²) in [4.78, 5) is 34.2. The van der Waals surface area contributed by atoms with Gasteiger partial charge in [0, 0.05) is 0 Å². The number of carboxylic acids is 1. The Morgan fingerprint density at radius 2 is 1.87 bits per heavy atom. The third kappa shape index (κ3) is 6.82. The SMILES string of the molecule is CC[C@H](C)[C@H](NC(=O)CNC(=O)OCc1ccccc1)C(=O)[O-]. The van der Waals surface area contributed by atoms with E-state index in [1.54, 1.807) is 19.1 Å². The molecule has 1 rings (SSSR count). The number of benzene rings is 1. The first-order valence-corrected chi connectivity index (χ1v) is 7.38. The monoisotopic (exact) mass is 321 g/mol. The second-order valence-electron chi connectivity index (χ2n) is 5.17. The second-order valence-corrected chi connectivity index (χ2v) is 5.17. The average molecular weight is 321 g/mol. The van der Waals surface area contributed by atoms with Crippen molar-refractivity contribution in [3.8, 4) is 0 Å². The lowest BCUT2D eigenvalue weighted by Crippen LogP contribution is -2.53. The molecule has 0 heterocycles. The molecule has 1 aromatic carbocycles. The molecular formula is C16H21N2O5-. The largest absolute Gasteiger partial charge is 0.548 e. The van der Waals surface area contributed by atoms with Gasteiger partial charge in [-0.05, 0) is 11.5 Å². The normalized spacial score (nSPS) is 12.8. The summed E-state index contributed by atoms with van der Waals surface area (Å²) in [5.41, 5.74) is 0.820. The molecule has 0 aliphatic carbocycles. The Balaban J connectivity index is 2.34. The van der Waals surface area contributed by atoms with E-state index in [4.69, 9.17) is 4.74 Å². The zero-order chi connectivity index (χ0) is 17.2. The van der Waals surface area contributed by atoms with Crippen molar-refractivity contribution < 1.29 is 24.2 Å². The van der Waals surface area contributed by atoms with Crippen molar-refractivity contribution >= 4 is 18.0 Å². The minimum absolute atomic E-state index is 0.0861. The molecular weight excluding hydrogens is 300 g/mol. The summed E-state index contributed by atoms with van der Waals surface area (Å²) in [7, 11) is 0. The molecule has 2 amide bonds. The van der Waals surface area contributed by atoms with Crippen LogP contribution >= 0.6 is 0 Å². The maximum Gasteiger partial charge on any atom is 0.407 e. The molecule has 23 heavy (non-hydrogen) atoms. The van der Waals surface area contributed by atoms with E-state index in [-0.39, 0.29) is 19.1 Å². The number of carboxylic acid groups (broad SMARTS) is 1. The van der Waals surface area contributed by atoms with Crippen LogP contribution in [0, 0.1) is 5.92 Å². The van der Waals surface area contributed by atoms with Gasteiger partial charge in [0.25, 0.3) is 0 Å². The maximum absolute atomic E-state index is 11.7. The van der Waals surface area contributed by atoms with Gasteiger partial charge in [0.1, 0.15) is 13.2 Å². The van der Waals surface area contributed by atoms with Gasteiger partial charge in [0.2, 0.25) is 5.91 Å². The number of alkyl carbamates (subject to hydrolysis) is 1. The number of hydrogen-bond acceptors (Lipinski definition) is 5. The first-order chi connectivity index (χ1) is 10.9. The number of nitrogens with one attached hydrogen (secondary N) is 2. The van der Waals surface area contributed by atoms with Crippen LogP contribution < -0.4 is 15.7 Å². The van der Waals surface area contributed by atoms with Gasteiger partial charge >= 0.3 is 6.09 Å². The van der Waals surface area contributed by atoms with Gasteiger partial charge < -0.3 is 25.3 Å². The number of hydrogen-bond donors (Lipinski definition) is 2. The summed E-state index contributed by atoms with van der Waals surface area (Å²) in [6.07, 6.45) is -0.177. The quantitative estimate of drug-likeness (QED) is 0.711. The molecule has 0 bridgehead atoms. The van der Waals surface area contributed by atoms with Crippen LogP contribution in [0.5, 0.6) is 0 Å². The smallest absolute Gasteiger partial charge is 0.407 e. The van der Waals surface area contributed by atoms with E-state index in [2.05, 4.69) is 10.6 Å². The van der Waals surface area contributed by atoms with Gasteiger partial charge in [-0.2, -0.15) is 0 Å². The third-order valence-corrected chi connectivity index (χ3v) is 3.39. The van der Waals surface area contributed by atoms with E-state index in [0.29, 0.717) is 6.42 Å². The highest BCUT2D eigenvalue weighted by atomic mass is 16.5. The molecule has 7 nitrogen and oxygen atoms in total. The van der Waals surface area contributed by atoms with Gasteiger partial charge in [0.15, 0.2) is 0 Å². The van der Waals surface area contributed by atoms with E-state index in [9.17, 15) is 19.5 Å². The first kappa shape index (κ1) is 18.5. The van der Waals surface area contributed by atoms with Crippen LogP contribution in [0.15, 0.2) is 30.3 Å². The van der Waals surface area contributed by atoms with Crippen molar-refractivity contribution in [2.45, 2.75) is 32.9 Å². The summed E-state index contributed by atoms with van der Waals surface area (Å²) in [6, 6.07) is 8.00. The lowest BCUT2D eigenvalue weighted by Gasteiger charge is -2.25. The van der Waals surface area contributed by atoms with Crippen LogP contribution in [-0.2, 0) is 20.9 Å². The summed E-state index contributed by atoms with van der Waals surface area (Å²) in [5.74, 6) is -2.23. The predicted octanol–water partition coefficient (Wildman–Crippen LogP) is 0.194. The Bertz CT molecular complexity index is 533. The highest BCUT2D eigenvalue weighted by molar-refractivity contribution is 5.86. The highest BCUT2D eigenvalue weighted by Crippen LogP contribution is 2.06. The molecule has 0 saturated heterocycles. The molecule has 0 unspecified atom stereocenters. The Labute approximate surface area is 135 Å². The van der Waals surface area contributed by atoms with E-state index < -0.39 is 24.0 Å². The summed E-state index contributed by atoms with van der Waals surface area (Å²) >= 11 is 0. The summed E-state index contributed by atoms with van der Waals surface area (Å²) in [5, 5.41) is 15.6. The fourth-order valence-corrected chi connectivity index (χ4v) is 1.82. The minimum Gasteiger partial charge on any atom is -0.548 e. The van der Waals surface area contributed by atoms with Crippen molar-refractivity contribution in [2.75, 3.05) is 6.54 Å². The molecule has 0 aliphatic heterocycles. The topological polar surface area (TPSA) is 108 Å². The summed E-state index contributed by atoms with van der Waals surface area (Å²) < 4.78 is 4.94. The Kier molecular flexibility index (Phi) is 7.59. The molecule has 0 fully saturated rings. The molecule has 0 aliphatic rings. The van der Waals surface area contributed by atoms with Crippen molar-refractivity contribution in [3.05, 3.63) is 35.9 Å². The van der Waals surface area contributed by atoms with Crippen molar-refractivity contribution in [1.29, 1.82) is 0 Å². The number of amides is 2. The van der Waals surface area contributed by atoms with Crippen LogP contribution in [0.1, 0.15) is 25.8 Å². The first-order valence-electron chi connectivity index (χ1n) is 7.38. The molecule has 2 N–H and O–H groups in total. The molecule has 0 radical (unpaired) electrons. The lowest BCUT2D eigenvalue weighted by atomic mass is 9.99. The number of ether oxygens (including phenoxy) is 1. The molecule has 0 aromatic heterocycles. The average Bonchev–Trinajstić information content (AvgIpc) is 2.55. The number of carbonyl (C=O) groups is 3. The zero-order valence-corrected chi connectivity index (χ0v) is 13.2. The van der Waals surface area contributed by atoms with Crippen molar-refractivity contribution in [2.24, 2.45) is 5.92 Å². The van der Waals surface area contributed by atoms with Crippen molar-refractivity contribution in [3.63, 3.8) is 0 Å². The van der Waals surface area contributed by atoms with E-state index in [0.717, 1.165) is 5.56 Å². The molecule has 126 valence electrons. The molecule has 0 spiro atoms. The fourth-order valence-electron chi connectivity index (χ4n) is 1.82. The van der Waals surface area contributed by atoms with Crippen LogP contribution in [-0.4, -0.2) is 30.6 Å². The van der Waals surface area contributed by atoms with E-state index in [1.807, 2.05) is 25.1 Å². The van der Waals surface area contributed by atoms with Gasteiger partial charge in [-0.25, -0.2) is 4.79 Å². The van der Waals surface area contributed by atoms with Crippen LogP contribution in [0.3, 0.4) is 0 Å². The predicted molar refractivity (Wildman–Crippen MR) is 81.0 cm³/mol. The molecule has 7 heteroatoms. The standard InChI is InChI=1S/C16H22N2O5/c1-3-11(2)14(15(20)21)18-13(19)9-17-16(22)23-10-12-7-5-4-6-8-12/h4-8,11,14H,3,9-10H2,1-2H3,(H,17,22)(H,18,19)(H,20,21)/p-1/t11-,14-/m0/s1. The van der Waals surface area contributed by atoms with Crippen LogP contribution in [0.4, 0.5) is 4.79 Å². The lowest BCUT2D eigenvalue weighted by molar-refractivity contribution is -0.309. The second kappa shape index (κ2) is 9.45. The Morgan fingerprint density at radius 1 is 1.22 bits per heavy atom. The van der Waals surface area contributed by atoms with Crippen LogP contribution in [0.25, 0.3) is 0 Å². The van der Waals surface area contributed by atoms with Gasteiger partial charge in [-0.15, -0.1) is 0 Å². The number of aliphatic carboxylic acids is 1. The number of rotatable bonds is 8. The Hall–Kier alpha value is -2.57. The van der Waals surface area contributed by atoms with Gasteiger partial charge in [-0.3, -0.25) is 4.79 Å². The van der Waals surface area contributed by atoms with Crippen molar-refractivity contribution in [1.82, 2.24) is 10.6 Å². The molecule has 0 saturated carbocycles. The third-order valence-electron chi connectivity index (χ3n) is 3.39. The van der Waals surface area contributed by atoms with Crippen LogP contribution in [0.2, 0.25) is 0 Å². The zero-order valence-electron chi connectivity index (χ0n) is 13.2. The minimum atomic E-state index is -1.35. The van der Waals surface area contributed by atoms with Gasteiger partial charge in [0.05, 0.1) is 12.0 Å². The van der Waals surface area contributed by atoms with E-state index in [1.165, 1.54) is 0 Å². The maximum atomic E-state index is 11.7. The number of carbonyl (C=O) groups excluding carboxylic acids is 3.